The molecule has 0 aliphatic carbocycles. The number of sulfone groups is 1. The average Bonchev–Trinajstić information content (AvgIpc) is 3.03. The van der Waals surface area contributed by atoms with Crippen molar-refractivity contribution in [2.24, 2.45) is 16.6 Å². The number of benzene rings is 1. The fourth-order valence-electron chi connectivity index (χ4n) is 3.58. The summed E-state index contributed by atoms with van der Waals surface area (Å²) in [6.45, 7) is 1.95. The predicted molar refractivity (Wildman–Crippen MR) is 118 cm³/mol. The monoisotopic (exact) mass is 492 g/mol. The maximum atomic E-state index is 13.9. The summed E-state index contributed by atoms with van der Waals surface area (Å²) >= 11 is 6.20. The summed E-state index contributed by atoms with van der Waals surface area (Å²) in [5.41, 5.74) is 6.83. The number of rotatable bonds is 6. The van der Waals surface area contributed by atoms with Crippen LogP contribution in [0.3, 0.4) is 0 Å². The molecular formula is C19H27ClF2N6O3S. The topological polar surface area (TPSA) is 137 Å². The van der Waals surface area contributed by atoms with E-state index in [9.17, 15) is 22.3 Å². The van der Waals surface area contributed by atoms with Crippen LogP contribution < -0.4 is 16.9 Å². The number of aliphatic hydroxyl groups excluding tert-OH is 1. The molecule has 13 heteroatoms. The zero-order valence-electron chi connectivity index (χ0n) is 17.7. The molecular weight excluding hydrogens is 466 g/mol. The molecule has 0 amide bonds. The lowest BCUT2D eigenvalue weighted by Gasteiger charge is -2.39. The Kier molecular flexibility index (Phi) is 6.62. The summed E-state index contributed by atoms with van der Waals surface area (Å²) in [6.07, 6.45) is -1.58. The number of aliphatic hydroxyl groups is 1. The normalized spacial score (nSPS) is 24.2. The van der Waals surface area contributed by atoms with Crippen molar-refractivity contribution in [3.63, 3.8) is 0 Å². The first-order valence-corrected chi connectivity index (χ1v) is 11.9. The molecule has 2 atom stereocenters. The number of nitrogens with one attached hydrogen (secondary N) is 1. The number of hydrogen-bond acceptors (Lipinski definition) is 9. The van der Waals surface area contributed by atoms with E-state index >= 15 is 0 Å². The number of nitrogens with two attached hydrogens (primary N) is 2. The average molecular weight is 493 g/mol. The first-order valence-electron chi connectivity index (χ1n) is 9.91. The van der Waals surface area contributed by atoms with E-state index in [0.29, 0.717) is 10.6 Å². The van der Waals surface area contributed by atoms with Crippen molar-refractivity contribution in [1.82, 2.24) is 15.2 Å². The molecule has 1 aromatic carbocycles. The first kappa shape index (κ1) is 24.5. The maximum absolute atomic E-state index is 13.9. The SMILES string of the molecule is CC(O)CS(=O)(=O)C1(C)N=C(N2CCC(F)(F)C2)C(N)=C(N(N)Cc2ccccc2Cl)N1. The summed E-state index contributed by atoms with van der Waals surface area (Å²) in [6, 6.07) is 6.92. The second-order valence-corrected chi connectivity index (χ2v) is 10.9. The maximum Gasteiger partial charge on any atom is 0.266 e. The van der Waals surface area contributed by atoms with Gasteiger partial charge in [-0.1, -0.05) is 29.8 Å². The Morgan fingerprint density at radius 1 is 1.41 bits per heavy atom. The summed E-state index contributed by atoms with van der Waals surface area (Å²) in [5.74, 6) is 2.57. The molecule has 2 aliphatic rings. The van der Waals surface area contributed by atoms with Crippen LogP contribution in [0.1, 0.15) is 25.8 Å². The third kappa shape index (κ3) is 4.92. The van der Waals surface area contributed by atoms with Gasteiger partial charge in [-0.2, -0.15) is 0 Å². The highest BCUT2D eigenvalue weighted by atomic mass is 35.5. The smallest absolute Gasteiger partial charge is 0.266 e. The van der Waals surface area contributed by atoms with Crippen LogP contribution in [0.15, 0.2) is 40.8 Å². The van der Waals surface area contributed by atoms with Gasteiger partial charge < -0.3 is 21.1 Å². The number of hydrazine groups is 1. The van der Waals surface area contributed by atoms with Crippen LogP contribution in [0.4, 0.5) is 8.78 Å². The number of hydrogen-bond donors (Lipinski definition) is 4. The van der Waals surface area contributed by atoms with Gasteiger partial charge in [0.1, 0.15) is 11.5 Å². The molecule has 178 valence electrons. The van der Waals surface area contributed by atoms with E-state index in [4.69, 9.17) is 23.2 Å². The van der Waals surface area contributed by atoms with Crippen molar-refractivity contribution >= 4 is 27.3 Å². The molecule has 2 unspecified atom stereocenters. The summed E-state index contributed by atoms with van der Waals surface area (Å²) in [7, 11) is -4.11. The standard InChI is InChI=1S/C19H27ClF2N6O3S/c1-12(29)10-32(30,31)18(2)25-16(27-8-7-19(21,22)11-27)15(23)17(26-18)28(24)9-13-5-3-4-6-14(13)20/h3-6,12,26,29H,7-11,23-24H2,1-2H3. The van der Waals surface area contributed by atoms with Crippen LogP contribution in [0.2, 0.25) is 5.02 Å². The number of halogens is 3. The lowest BCUT2D eigenvalue weighted by atomic mass is 10.2. The molecule has 1 fully saturated rings. The van der Waals surface area contributed by atoms with Gasteiger partial charge in [-0.15, -0.1) is 0 Å². The minimum Gasteiger partial charge on any atom is -0.393 e. The molecule has 6 N–H and O–H groups in total. The minimum absolute atomic E-state index is 0.00167. The van der Waals surface area contributed by atoms with Crippen LogP contribution in [0, 0.1) is 0 Å². The summed E-state index contributed by atoms with van der Waals surface area (Å²) < 4.78 is 53.9. The van der Waals surface area contributed by atoms with Crippen LogP contribution in [0.5, 0.6) is 0 Å². The number of aliphatic imine (C=N–C) groups is 1. The molecule has 1 saturated heterocycles. The quantitative estimate of drug-likeness (QED) is 0.340. The Labute approximate surface area is 190 Å². The molecule has 32 heavy (non-hydrogen) atoms. The molecule has 0 bridgehead atoms. The second kappa shape index (κ2) is 8.65. The van der Waals surface area contributed by atoms with E-state index in [1.807, 2.05) is 0 Å². The van der Waals surface area contributed by atoms with Crippen molar-refractivity contribution in [3.8, 4) is 0 Å². The van der Waals surface area contributed by atoms with Gasteiger partial charge in [0.15, 0.2) is 15.7 Å². The van der Waals surface area contributed by atoms with Crippen molar-refractivity contribution in [2.45, 2.75) is 43.8 Å². The van der Waals surface area contributed by atoms with E-state index in [-0.39, 0.29) is 30.4 Å². The Morgan fingerprint density at radius 3 is 2.62 bits per heavy atom. The highest BCUT2D eigenvalue weighted by molar-refractivity contribution is 7.92. The molecule has 9 nitrogen and oxygen atoms in total. The van der Waals surface area contributed by atoms with Gasteiger partial charge in [-0.05, 0) is 25.5 Å². The molecule has 0 spiro atoms. The van der Waals surface area contributed by atoms with Crippen molar-refractivity contribution in [1.29, 1.82) is 0 Å². The van der Waals surface area contributed by atoms with Crippen molar-refractivity contribution in [2.75, 3.05) is 18.8 Å². The lowest BCUT2D eigenvalue weighted by molar-refractivity contribution is 0.0175. The van der Waals surface area contributed by atoms with Gasteiger partial charge in [0, 0.05) is 18.0 Å². The third-order valence-electron chi connectivity index (χ3n) is 5.29. The predicted octanol–water partition coefficient (Wildman–Crippen LogP) is 0.956. The van der Waals surface area contributed by atoms with Gasteiger partial charge in [0.2, 0.25) is 4.99 Å². The first-order chi connectivity index (χ1) is 14.7. The lowest BCUT2D eigenvalue weighted by Crippen LogP contribution is -2.59. The third-order valence-corrected chi connectivity index (χ3v) is 7.98. The van der Waals surface area contributed by atoms with Crippen LogP contribution >= 0.6 is 11.6 Å². The van der Waals surface area contributed by atoms with Gasteiger partial charge in [0.25, 0.3) is 5.92 Å². The van der Waals surface area contributed by atoms with Gasteiger partial charge in [0.05, 0.1) is 24.9 Å². The fourth-order valence-corrected chi connectivity index (χ4v) is 5.22. The largest absolute Gasteiger partial charge is 0.393 e. The summed E-state index contributed by atoms with van der Waals surface area (Å²) in [4.78, 5) is 3.49. The summed E-state index contributed by atoms with van der Waals surface area (Å²) in [5, 5.41) is 14.0. The highest BCUT2D eigenvalue weighted by Crippen LogP contribution is 2.32. The minimum atomic E-state index is -4.11. The number of likely N-dealkylation sites (tertiary alicyclic amines) is 1. The molecule has 1 aromatic rings. The molecule has 0 radical (unpaired) electrons. The molecule has 2 heterocycles. The van der Waals surface area contributed by atoms with Gasteiger partial charge >= 0.3 is 0 Å². The van der Waals surface area contributed by atoms with E-state index in [0.717, 1.165) is 5.01 Å². The number of amidine groups is 1. The van der Waals surface area contributed by atoms with Crippen LogP contribution in [-0.2, 0) is 16.4 Å². The van der Waals surface area contributed by atoms with Crippen molar-refractivity contribution in [3.05, 3.63) is 46.4 Å². The van der Waals surface area contributed by atoms with Crippen LogP contribution in [0.25, 0.3) is 0 Å². The molecule has 2 aliphatic heterocycles. The Bertz CT molecular complexity index is 1050. The molecule has 3 rings (SSSR count). The van der Waals surface area contributed by atoms with Gasteiger partial charge in [-0.25, -0.2) is 28.0 Å². The highest BCUT2D eigenvalue weighted by Gasteiger charge is 2.47. The number of alkyl halides is 2. The Morgan fingerprint density at radius 2 is 2.06 bits per heavy atom. The van der Waals surface area contributed by atoms with E-state index < -0.39 is 45.6 Å². The van der Waals surface area contributed by atoms with Crippen molar-refractivity contribution < 1.29 is 22.3 Å². The van der Waals surface area contributed by atoms with E-state index in [2.05, 4.69) is 10.3 Å². The van der Waals surface area contributed by atoms with E-state index in [1.54, 1.807) is 24.3 Å². The van der Waals surface area contributed by atoms with E-state index in [1.165, 1.54) is 18.7 Å². The van der Waals surface area contributed by atoms with Crippen LogP contribution in [-0.4, -0.2) is 65.1 Å². The Hall–Kier alpha value is -2.15. The fraction of sp³-hybridized carbons (Fsp3) is 0.526. The zero-order chi connectivity index (χ0) is 23.9. The zero-order valence-corrected chi connectivity index (χ0v) is 19.3. The van der Waals surface area contributed by atoms with Gasteiger partial charge in [-0.3, -0.25) is 5.01 Å². The number of nitrogens with zero attached hydrogens (tertiary/aromatic N) is 3. The Balaban J connectivity index is 2.04. The second-order valence-electron chi connectivity index (χ2n) is 8.18. The molecule has 0 aromatic heterocycles. The molecule has 0 saturated carbocycles.